The number of Topliss-reactive ketones (excluding diaryl/α,β-unsaturated/α-hetero) is 1. The normalized spacial score (nSPS) is 12.1. The second-order valence-corrected chi connectivity index (χ2v) is 13.3. The van der Waals surface area contributed by atoms with E-state index in [9.17, 15) is 14.4 Å². The quantitative estimate of drug-likeness (QED) is 0.0599. The molecule has 0 rings (SSSR count). The number of primary amides is 2. The van der Waals surface area contributed by atoms with Crippen molar-refractivity contribution in [3.8, 4) is 0 Å². The lowest BCUT2D eigenvalue weighted by Gasteiger charge is -2.39. The highest BCUT2D eigenvalue weighted by Crippen LogP contribution is 2.44. The Morgan fingerprint density at radius 2 is 0.548 bits per heavy atom. The summed E-state index contributed by atoms with van der Waals surface area (Å²) < 4.78 is 0. The van der Waals surface area contributed by atoms with Crippen LogP contribution in [0, 0.1) is 10.8 Å². The van der Waals surface area contributed by atoms with Crippen LogP contribution in [0.3, 0.4) is 0 Å². The number of rotatable bonds is 32. The minimum atomic E-state index is -1.30. The van der Waals surface area contributed by atoms with Gasteiger partial charge in [0.25, 0.3) is 0 Å². The summed E-state index contributed by atoms with van der Waals surface area (Å²) in [5.41, 5.74) is 9.81. The second kappa shape index (κ2) is 26.1. The monoisotopic (exact) mass is 593 g/mol. The number of hydrogen-bond acceptors (Lipinski definition) is 3. The molecule has 5 nitrogen and oxygen atoms in total. The minimum Gasteiger partial charge on any atom is -0.369 e. The van der Waals surface area contributed by atoms with Gasteiger partial charge in [0.05, 0.1) is 0 Å². The van der Waals surface area contributed by atoms with Crippen molar-refractivity contribution < 1.29 is 14.4 Å². The highest BCUT2D eigenvalue weighted by molar-refractivity contribution is 6.16. The number of carbonyl (C=O) groups is 3. The molecule has 0 aromatic carbocycles. The summed E-state index contributed by atoms with van der Waals surface area (Å²) in [6.45, 7) is 8.81. The third-order valence-electron chi connectivity index (χ3n) is 9.64. The molecule has 0 unspecified atom stereocenters. The van der Waals surface area contributed by atoms with Crippen LogP contribution in [0.2, 0.25) is 0 Å². The largest absolute Gasteiger partial charge is 0.369 e. The van der Waals surface area contributed by atoms with Crippen molar-refractivity contribution in [3.63, 3.8) is 0 Å². The average Bonchev–Trinajstić information content (AvgIpc) is 2.97. The Labute approximate surface area is 261 Å². The van der Waals surface area contributed by atoms with Crippen LogP contribution in [0.5, 0.6) is 0 Å². The molecule has 0 atom stereocenters. The molecule has 0 fully saturated rings. The zero-order chi connectivity index (χ0) is 31.5. The molecule has 2 amide bonds. The van der Waals surface area contributed by atoms with Crippen LogP contribution in [0.1, 0.15) is 207 Å². The van der Waals surface area contributed by atoms with E-state index in [1.807, 2.05) is 0 Å². The first-order chi connectivity index (χ1) is 20.3. The molecule has 0 aliphatic heterocycles. The van der Waals surface area contributed by atoms with Crippen molar-refractivity contribution in [2.45, 2.75) is 207 Å². The SMILES string of the molecule is CCCCCCCCC(CCCCCCCC)(C(N)=O)C(=O)C(CCCCCCCC)(CCCCCCCC)C(N)=O. The summed E-state index contributed by atoms with van der Waals surface area (Å²) in [6, 6.07) is 0. The van der Waals surface area contributed by atoms with Gasteiger partial charge in [-0.15, -0.1) is 0 Å². The van der Waals surface area contributed by atoms with Crippen LogP contribution in [-0.4, -0.2) is 17.6 Å². The van der Waals surface area contributed by atoms with E-state index in [1.54, 1.807) is 0 Å². The van der Waals surface area contributed by atoms with E-state index >= 15 is 0 Å². The molecule has 0 saturated carbocycles. The summed E-state index contributed by atoms with van der Waals surface area (Å²) in [4.78, 5) is 41.7. The Morgan fingerprint density at radius 1 is 0.357 bits per heavy atom. The number of nitrogens with two attached hydrogens (primary N) is 2. The summed E-state index contributed by atoms with van der Waals surface area (Å²) in [7, 11) is 0. The fraction of sp³-hybridized carbons (Fsp3) is 0.919. The van der Waals surface area contributed by atoms with Crippen molar-refractivity contribution in [1.29, 1.82) is 0 Å². The minimum absolute atomic E-state index is 0.237. The van der Waals surface area contributed by atoms with E-state index in [1.165, 1.54) is 77.0 Å². The Morgan fingerprint density at radius 3 is 0.738 bits per heavy atom. The van der Waals surface area contributed by atoms with Gasteiger partial charge in [-0.3, -0.25) is 14.4 Å². The molecule has 4 N–H and O–H groups in total. The summed E-state index contributed by atoms with van der Waals surface area (Å²) in [6.07, 6.45) is 27.5. The maximum atomic E-state index is 14.8. The molecule has 0 bridgehead atoms. The van der Waals surface area contributed by atoms with E-state index < -0.39 is 22.6 Å². The van der Waals surface area contributed by atoms with Gasteiger partial charge in [-0.1, -0.05) is 182 Å². The Balaban J connectivity index is 6.07. The van der Waals surface area contributed by atoms with Gasteiger partial charge in [0.2, 0.25) is 11.8 Å². The molecule has 0 aromatic rings. The fourth-order valence-corrected chi connectivity index (χ4v) is 6.71. The van der Waals surface area contributed by atoms with Gasteiger partial charge in [0, 0.05) is 0 Å². The van der Waals surface area contributed by atoms with Crippen molar-refractivity contribution in [3.05, 3.63) is 0 Å². The molecule has 0 saturated heterocycles. The lowest BCUT2D eigenvalue weighted by molar-refractivity contribution is -0.154. The third kappa shape index (κ3) is 15.9. The van der Waals surface area contributed by atoms with Crippen molar-refractivity contribution >= 4 is 17.6 Å². The van der Waals surface area contributed by atoms with Crippen molar-refractivity contribution in [2.75, 3.05) is 0 Å². The molecular formula is C37H72N2O3. The van der Waals surface area contributed by atoms with E-state index in [0.29, 0.717) is 25.7 Å². The van der Waals surface area contributed by atoms with Gasteiger partial charge in [0.15, 0.2) is 5.78 Å². The molecule has 5 heteroatoms. The number of ketones is 1. The highest BCUT2D eigenvalue weighted by Gasteiger charge is 2.55. The molecule has 0 aromatic heterocycles. The van der Waals surface area contributed by atoms with Gasteiger partial charge >= 0.3 is 0 Å². The number of amides is 2. The lowest BCUT2D eigenvalue weighted by Crippen LogP contribution is -2.55. The zero-order valence-corrected chi connectivity index (χ0v) is 28.7. The summed E-state index contributed by atoms with van der Waals surface area (Å²) >= 11 is 0. The zero-order valence-electron chi connectivity index (χ0n) is 28.7. The van der Waals surface area contributed by atoms with Crippen LogP contribution >= 0.6 is 0 Å². The van der Waals surface area contributed by atoms with Crippen LogP contribution in [0.25, 0.3) is 0 Å². The Hall–Kier alpha value is -1.39. The molecule has 248 valence electrons. The molecule has 0 heterocycles. The number of unbranched alkanes of at least 4 members (excludes halogenated alkanes) is 20. The topological polar surface area (TPSA) is 103 Å². The third-order valence-corrected chi connectivity index (χ3v) is 9.64. The highest BCUT2D eigenvalue weighted by atomic mass is 16.2. The maximum absolute atomic E-state index is 14.8. The predicted molar refractivity (Wildman–Crippen MR) is 180 cm³/mol. The van der Waals surface area contributed by atoms with E-state index in [2.05, 4.69) is 27.7 Å². The molecule has 0 radical (unpaired) electrons. The maximum Gasteiger partial charge on any atom is 0.231 e. The van der Waals surface area contributed by atoms with Crippen LogP contribution < -0.4 is 11.5 Å². The second-order valence-electron chi connectivity index (χ2n) is 13.3. The standard InChI is InChI=1S/C37H72N2O3/c1-5-9-13-17-21-25-29-36(34(38)41,30-26-22-18-14-10-6-2)33(40)37(35(39)42,31-27-23-19-15-11-7-3)32-28-24-20-16-12-8-4/h5-32H2,1-4H3,(H2,38,41)(H2,39,42). The molecular weight excluding hydrogens is 520 g/mol. The molecule has 0 aliphatic carbocycles. The van der Waals surface area contributed by atoms with E-state index in [-0.39, 0.29) is 5.78 Å². The van der Waals surface area contributed by atoms with Gasteiger partial charge in [-0.05, 0) is 25.7 Å². The lowest BCUT2D eigenvalue weighted by atomic mass is 9.61. The van der Waals surface area contributed by atoms with Gasteiger partial charge in [-0.25, -0.2) is 0 Å². The average molecular weight is 593 g/mol. The Kier molecular flexibility index (Phi) is 25.2. The molecule has 0 spiro atoms. The van der Waals surface area contributed by atoms with Crippen LogP contribution in [-0.2, 0) is 14.4 Å². The first-order valence-corrected chi connectivity index (χ1v) is 18.4. The fourth-order valence-electron chi connectivity index (χ4n) is 6.71. The summed E-state index contributed by atoms with van der Waals surface area (Å²) in [5, 5.41) is 0. The molecule has 42 heavy (non-hydrogen) atoms. The van der Waals surface area contributed by atoms with Crippen molar-refractivity contribution in [1.82, 2.24) is 0 Å². The smallest absolute Gasteiger partial charge is 0.231 e. The van der Waals surface area contributed by atoms with Gasteiger partial charge in [-0.2, -0.15) is 0 Å². The number of carbonyl (C=O) groups excluding carboxylic acids is 3. The Bertz CT molecular complexity index is 602. The van der Waals surface area contributed by atoms with Crippen LogP contribution in [0.4, 0.5) is 0 Å². The first-order valence-electron chi connectivity index (χ1n) is 18.4. The molecule has 0 aliphatic rings. The van der Waals surface area contributed by atoms with Gasteiger partial charge < -0.3 is 11.5 Å². The van der Waals surface area contributed by atoms with Gasteiger partial charge in [0.1, 0.15) is 10.8 Å². The number of hydrogen-bond donors (Lipinski definition) is 2. The first kappa shape index (κ1) is 40.6. The predicted octanol–water partition coefficient (Wildman–Crippen LogP) is 10.5. The van der Waals surface area contributed by atoms with Crippen molar-refractivity contribution in [2.24, 2.45) is 22.3 Å². The summed E-state index contributed by atoms with van der Waals surface area (Å²) in [5.74, 6) is -1.31. The van der Waals surface area contributed by atoms with E-state index in [4.69, 9.17) is 11.5 Å². The van der Waals surface area contributed by atoms with E-state index in [0.717, 1.165) is 77.0 Å². The van der Waals surface area contributed by atoms with Crippen LogP contribution in [0.15, 0.2) is 0 Å².